The van der Waals surface area contributed by atoms with Crippen molar-refractivity contribution >= 4 is 0 Å². The average Bonchev–Trinajstić information content (AvgIpc) is 2.14. The maximum absolute atomic E-state index is 3.70. The van der Waals surface area contributed by atoms with Crippen molar-refractivity contribution in [3.05, 3.63) is 30.9 Å². The molecule has 37 valence electrons. The molecule has 0 aliphatic carbocycles. The van der Waals surface area contributed by atoms with Crippen LogP contribution in [0.1, 0.15) is 5.69 Å². The van der Waals surface area contributed by atoms with Gasteiger partial charge in [-0.1, -0.05) is 0 Å². The SMILES string of the molecule is [CH2]Cc1ccc[nH]1. The highest BCUT2D eigenvalue weighted by Gasteiger charge is 1.81. The van der Waals surface area contributed by atoms with Crippen molar-refractivity contribution < 1.29 is 0 Å². The zero-order valence-electron chi connectivity index (χ0n) is 4.15. The number of aromatic amines is 1. The highest BCUT2D eigenvalue weighted by Crippen LogP contribution is 1.91. The van der Waals surface area contributed by atoms with Gasteiger partial charge in [-0.3, -0.25) is 0 Å². The molecule has 0 aliphatic rings. The fraction of sp³-hybridized carbons (Fsp3) is 0.167. The van der Waals surface area contributed by atoms with E-state index in [1.54, 1.807) is 0 Å². The van der Waals surface area contributed by atoms with E-state index in [4.69, 9.17) is 0 Å². The van der Waals surface area contributed by atoms with Crippen LogP contribution in [0.5, 0.6) is 0 Å². The third-order valence-electron chi connectivity index (χ3n) is 0.932. The summed E-state index contributed by atoms with van der Waals surface area (Å²) in [4.78, 5) is 3.02. The van der Waals surface area contributed by atoms with E-state index in [0.29, 0.717) is 0 Å². The zero-order valence-corrected chi connectivity index (χ0v) is 4.15. The predicted molar refractivity (Wildman–Crippen MR) is 29.9 cm³/mol. The van der Waals surface area contributed by atoms with Crippen LogP contribution in [0.2, 0.25) is 0 Å². The fourth-order valence-electron chi connectivity index (χ4n) is 0.523. The van der Waals surface area contributed by atoms with E-state index in [-0.39, 0.29) is 0 Å². The van der Waals surface area contributed by atoms with Crippen LogP contribution in [-0.4, -0.2) is 4.98 Å². The molecule has 1 aromatic heterocycles. The third-order valence-corrected chi connectivity index (χ3v) is 0.932. The van der Waals surface area contributed by atoms with Crippen molar-refractivity contribution in [3.63, 3.8) is 0 Å². The Morgan fingerprint density at radius 2 is 2.57 bits per heavy atom. The second kappa shape index (κ2) is 1.82. The Labute approximate surface area is 43.4 Å². The van der Waals surface area contributed by atoms with E-state index >= 15 is 0 Å². The molecule has 0 atom stereocenters. The molecule has 0 spiro atoms. The van der Waals surface area contributed by atoms with Gasteiger partial charge in [0.25, 0.3) is 0 Å². The van der Waals surface area contributed by atoms with Gasteiger partial charge in [-0.05, 0) is 25.5 Å². The molecule has 0 saturated carbocycles. The van der Waals surface area contributed by atoms with Gasteiger partial charge < -0.3 is 4.98 Å². The second-order valence-electron chi connectivity index (χ2n) is 1.45. The van der Waals surface area contributed by atoms with Gasteiger partial charge in [0.2, 0.25) is 0 Å². The Morgan fingerprint density at radius 3 is 2.86 bits per heavy atom. The summed E-state index contributed by atoms with van der Waals surface area (Å²) in [6.07, 6.45) is 2.76. The van der Waals surface area contributed by atoms with Crippen molar-refractivity contribution in [2.75, 3.05) is 0 Å². The van der Waals surface area contributed by atoms with Gasteiger partial charge in [0.05, 0.1) is 0 Å². The van der Waals surface area contributed by atoms with E-state index < -0.39 is 0 Å². The predicted octanol–water partition coefficient (Wildman–Crippen LogP) is 1.39. The number of hydrogen-bond donors (Lipinski definition) is 1. The first-order valence-corrected chi connectivity index (χ1v) is 2.35. The van der Waals surface area contributed by atoms with E-state index in [0.717, 1.165) is 6.42 Å². The molecule has 1 aromatic rings. The lowest BCUT2D eigenvalue weighted by Gasteiger charge is -1.81. The summed E-state index contributed by atoms with van der Waals surface area (Å²) in [6.45, 7) is 3.70. The number of rotatable bonds is 1. The van der Waals surface area contributed by atoms with Gasteiger partial charge in [-0.25, -0.2) is 0 Å². The van der Waals surface area contributed by atoms with Crippen molar-refractivity contribution in [1.82, 2.24) is 4.98 Å². The topological polar surface area (TPSA) is 15.8 Å². The summed E-state index contributed by atoms with van der Waals surface area (Å²) in [6, 6.07) is 3.99. The molecule has 1 heteroatoms. The molecule has 0 unspecified atom stereocenters. The summed E-state index contributed by atoms with van der Waals surface area (Å²) in [7, 11) is 0. The van der Waals surface area contributed by atoms with Crippen LogP contribution >= 0.6 is 0 Å². The van der Waals surface area contributed by atoms with E-state index in [2.05, 4.69) is 11.9 Å². The Hall–Kier alpha value is -0.720. The molecule has 1 heterocycles. The maximum atomic E-state index is 3.70. The Bertz CT molecular complexity index is 119. The molecule has 0 amide bonds. The van der Waals surface area contributed by atoms with Crippen LogP contribution in [0.15, 0.2) is 18.3 Å². The summed E-state index contributed by atoms with van der Waals surface area (Å²) < 4.78 is 0. The van der Waals surface area contributed by atoms with Gasteiger partial charge in [-0.2, -0.15) is 0 Å². The quantitative estimate of drug-likeness (QED) is 0.541. The number of aromatic nitrogens is 1. The molecule has 0 bridgehead atoms. The first kappa shape index (κ1) is 4.44. The smallest absolute Gasteiger partial charge is 0.0147 e. The molecule has 1 nitrogen and oxygen atoms in total. The van der Waals surface area contributed by atoms with Gasteiger partial charge >= 0.3 is 0 Å². The first-order valence-electron chi connectivity index (χ1n) is 2.35. The van der Waals surface area contributed by atoms with Gasteiger partial charge in [-0.15, -0.1) is 0 Å². The lowest BCUT2D eigenvalue weighted by atomic mass is 10.4. The molecular formula is C6H8N. The van der Waals surface area contributed by atoms with Crippen LogP contribution in [0.3, 0.4) is 0 Å². The van der Waals surface area contributed by atoms with Crippen LogP contribution in [-0.2, 0) is 6.42 Å². The second-order valence-corrected chi connectivity index (χ2v) is 1.45. The van der Waals surface area contributed by atoms with Crippen molar-refractivity contribution in [2.24, 2.45) is 0 Å². The number of hydrogen-bond acceptors (Lipinski definition) is 0. The molecule has 1 N–H and O–H groups in total. The highest BCUT2D eigenvalue weighted by molar-refractivity contribution is 5.03. The molecule has 0 aromatic carbocycles. The monoisotopic (exact) mass is 94.1 g/mol. The molecule has 0 aliphatic heterocycles. The van der Waals surface area contributed by atoms with Crippen molar-refractivity contribution in [2.45, 2.75) is 6.42 Å². The first-order chi connectivity index (χ1) is 3.43. The lowest BCUT2D eigenvalue weighted by Crippen LogP contribution is -1.73. The largest absolute Gasteiger partial charge is 0.365 e. The average molecular weight is 94.1 g/mol. The molecule has 1 radical (unpaired) electrons. The van der Waals surface area contributed by atoms with Crippen molar-refractivity contribution in [3.8, 4) is 0 Å². The van der Waals surface area contributed by atoms with E-state index in [9.17, 15) is 0 Å². The Kier molecular flexibility index (Phi) is 1.16. The molecular weight excluding hydrogens is 86.1 g/mol. The normalized spacial score (nSPS) is 9.29. The summed E-state index contributed by atoms with van der Waals surface area (Å²) in [5.74, 6) is 0. The Morgan fingerprint density at radius 1 is 1.71 bits per heavy atom. The number of H-pyrrole nitrogens is 1. The van der Waals surface area contributed by atoms with Gasteiger partial charge in [0, 0.05) is 11.9 Å². The summed E-state index contributed by atoms with van der Waals surface area (Å²) in [5.41, 5.74) is 1.19. The third kappa shape index (κ3) is 0.829. The molecule has 7 heavy (non-hydrogen) atoms. The van der Waals surface area contributed by atoms with E-state index in [1.165, 1.54) is 5.69 Å². The molecule has 1 rings (SSSR count). The molecule has 0 fully saturated rings. The van der Waals surface area contributed by atoms with Crippen LogP contribution in [0.4, 0.5) is 0 Å². The minimum Gasteiger partial charge on any atom is -0.365 e. The van der Waals surface area contributed by atoms with Gasteiger partial charge in [0.1, 0.15) is 0 Å². The van der Waals surface area contributed by atoms with Crippen LogP contribution < -0.4 is 0 Å². The minimum atomic E-state index is 0.854. The van der Waals surface area contributed by atoms with Gasteiger partial charge in [0.15, 0.2) is 0 Å². The van der Waals surface area contributed by atoms with Crippen molar-refractivity contribution in [1.29, 1.82) is 0 Å². The maximum Gasteiger partial charge on any atom is 0.0147 e. The number of nitrogens with one attached hydrogen (secondary N) is 1. The summed E-state index contributed by atoms with van der Waals surface area (Å²) >= 11 is 0. The van der Waals surface area contributed by atoms with Crippen LogP contribution in [0.25, 0.3) is 0 Å². The minimum absolute atomic E-state index is 0.854. The summed E-state index contributed by atoms with van der Waals surface area (Å²) in [5, 5.41) is 0. The van der Waals surface area contributed by atoms with E-state index in [1.807, 2.05) is 18.3 Å². The standard InChI is InChI=1S/C6H8N/c1-2-6-4-3-5-7-6/h3-5,7H,1-2H2. The van der Waals surface area contributed by atoms with Crippen LogP contribution in [0, 0.1) is 6.92 Å². The Balaban J connectivity index is 2.76. The zero-order chi connectivity index (χ0) is 5.11. The molecule has 0 saturated heterocycles. The lowest BCUT2D eigenvalue weighted by molar-refractivity contribution is 1.15. The highest BCUT2D eigenvalue weighted by atomic mass is 14.7. The fourth-order valence-corrected chi connectivity index (χ4v) is 0.523.